The van der Waals surface area contributed by atoms with Crippen molar-refractivity contribution >= 4 is 10.9 Å². The van der Waals surface area contributed by atoms with Crippen molar-refractivity contribution in [3.05, 3.63) is 65.9 Å². The van der Waals surface area contributed by atoms with Gasteiger partial charge in [0.15, 0.2) is 0 Å². The van der Waals surface area contributed by atoms with Gasteiger partial charge in [0.05, 0.1) is 5.52 Å². The van der Waals surface area contributed by atoms with Crippen molar-refractivity contribution in [2.75, 3.05) is 0 Å². The van der Waals surface area contributed by atoms with Crippen molar-refractivity contribution in [2.45, 2.75) is 13.5 Å². The summed E-state index contributed by atoms with van der Waals surface area (Å²) in [5.74, 6) is 0. The summed E-state index contributed by atoms with van der Waals surface area (Å²) in [6.45, 7) is 2.71. The first-order valence-electron chi connectivity index (χ1n) is 6.43. The molecule has 0 saturated heterocycles. The van der Waals surface area contributed by atoms with E-state index in [0.717, 1.165) is 5.52 Å². The smallest absolute Gasteiger partial charge is 0.0702 e. The van der Waals surface area contributed by atoms with Gasteiger partial charge >= 0.3 is 0 Å². The minimum Gasteiger partial charge on any atom is -0.326 e. The number of aryl methyl sites for hydroxylation is 1. The van der Waals surface area contributed by atoms with Crippen LogP contribution in [0.3, 0.4) is 0 Å². The molecule has 0 radical (unpaired) electrons. The highest BCUT2D eigenvalue weighted by atomic mass is 14.6. The molecular weight excluding hydrogens is 232 g/mol. The van der Waals surface area contributed by atoms with Crippen LogP contribution in [-0.2, 0) is 6.54 Å². The molecule has 1 aromatic heterocycles. The molecule has 1 heterocycles. The first-order valence-corrected chi connectivity index (χ1v) is 6.43. The Hall–Kier alpha value is -2.19. The third-order valence-electron chi connectivity index (χ3n) is 3.44. The molecule has 0 amide bonds. The predicted octanol–water partition coefficient (Wildman–Crippen LogP) is 3.67. The topological polar surface area (TPSA) is 38.9 Å². The molecule has 2 nitrogen and oxygen atoms in total. The number of fused-ring (bicyclic) bond motifs is 1. The van der Waals surface area contributed by atoms with E-state index in [0.29, 0.717) is 6.54 Å². The van der Waals surface area contributed by atoms with Gasteiger partial charge in [-0.1, -0.05) is 30.3 Å². The minimum absolute atomic E-state index is 0.586. The Labute approximate surface area is 112 Å². The van der Waals surface area contributed by atoms with Crippen LogP contribution in [0.25, 0.3) is 22.0 Å². The number of hydrogen-bond donors (Lipinski definition) is 1. The van der Waals surface area contributed by atoms with Crippen molar-refractivity contribution < 1.29 is 0 Å². The summed E-state index contributed by atoms with van der Waals surface area (Å²) >= 11 is 0. The fraction of sp³-hybridized carbons (Fsp3) is 0.118. The second-order valence-corrected chi connectivity index (χ2v) is 4.76. The second-order valence-electron chi connectivity index (χ2n) is 4.76. The molecule has 0 aliphatic carbocycles. The van der Waals surface area contributed by atoms with Crippen LogP contribution in [0.1, 0.15) is 11.1 Å². The monoisotopic (exact) mass is 248 g/mol. The average molecular weight is 248 g/mol. The summed E-state index contributed by atoms with van der Waals surface area (Å²) < 4.78 is 0. The number of rotatable bonds is 2. The molecule has 0 saturated carbocycles. The van der Waals surface area contributed by atoms with Crippen LogP contribution in [0, 0.1) is 6.92 Å². The Morgan fingerprint density at radius 1 is 1.05 bits per heavy atom. The zero-order valence-electron chi connectivity index (χ0n) is 10.9. The Kier molecular flexibility index (Phi) is 3.02. The van der Waals surface area contributed by atoms with Crippen LogP contribution < -0.4 is 5.73 Å². The molecular formula is C17H16N2. The zero-order chi connectivity index (χ0) is 13.2. The molecule has 0 bridgehead atoms. The molecule has 0 atom stereocenters. The first kappa shape index (κ1) is 11.9. The fourth-order valence-corrected chi connectivity index (χ4v) is 2.42. The highest BCUT2D eigenvalue weighted by Crippen LogP contribution is 2.27. The number of benzene rings is 2. The SMILES string of the molecule is Cc1cc(CN)ccc1-c1ccc2ncccc2c1. The molecule has 19 heavy (non-hydrogen) atoms. The summed E-state index contributed by atoms with van der Waals surface area (Å²) in [4.78, 5) is 4.35. The zero-order valence-corrected chi connectivity index (χ0v) is 10.9. The quantitative estimate of drug-likeness (QED) is 0.751. The number of nitrogens with zero attached hydrogens (tertiary/aromatic N) is 1. The van der Waals surface area contributed by atoms with E-state index >= 15 is 0 Å². The molecule has 94 valence electrons. The standard InChI is InChI=1S/C17H16N2/c1-12-9-13(11-18)4-6-16(12)14-5-7-17-15(10-14)3-2-8-19-17/h2-10H,11,18H2,1H3. The molecule has 0 unspecified atom stereocenters. The van der Waals surface area contributed by atoms with E-state index in [1.165, 1.54) is 27.6 Å². The van der Waals surface area contributed by atoms with Crippen molar-refractivity contribution in [1.29, 1.82) is 0 Å². The molecule has 0 aliphatic rings. The molecule has 2 N–H and O–H groups in total. The Balaban J connectivity index is 2.13. The Bertz CT molecular complexity index is 732. The highest BCUT2D eigenvalue weighted by Gasteiger charge is 2.04. The van der Waals surface area contributed by atoms with Crippen LogP contribution in [0.15, 0.2) is 54.7 Å². The lowest BCUT2D eigenvalue weighted by atomic mass is 9.97. The van der Waals surface area contributed by atoms with E-state index < -0.39 is 0 Å². The summed E-state index contributed by atoms with van der Waals surface area (Å²) in [5, 5.41) is 1.17. The van der Waals surface area contributed by atoms with Gasteiger partial charge in [-0.25, -0.2) is 0 Å². The van der Waals surface area contributed by atoms with Gasteiger partial charge in [0.1, 0.15) is 0 Å². The number of nitrogens with two attached hydrogens (primary N) is 1. The number of hydrogen-bond acceptors (Lipinski definition) is 2. The third-order valence-corrected chi connectivity index (χ3v) is 3.44. The van der Waals surface area contributed by atoms with Crippen molar-refractivity contribution in [1.82, 2.24) is 4.98 Å². The van der Waals surface area contributed by atoms with Gasteiger partial charge in [0.2, 0.25) is 0 Å². The van der Waals surface area contributed by atoms with Gasteiger partial charge in [-0.2, -0.15) is 0 Å². The number of pyridine rings is 1. The summed E-state index contributed by atoms with van der Waals surface area (Å²) in [6.07, 6.45) is 1.82. The van der Waals surface area contributed by atoms with Crippen LogP contribution in [0.5, 0.6) is 0 Å². The van der Waals surface area contributed by atoms with Gasteiger partial charge in [-0.3, -0.25) is 4.98 Å². The summed E-state index contributed by atoms with van der Waals surface area (Å²) in [6, 6.07) is 16.8. The van der Waals surface area contributed by atoms with Gasteiger partial charge < -0.3 is 5.73 Å². The van der Waals surface area contributed by atoms with Crippen molar-refractivity contribution in [3.63, 3.8) is 0 Å². The molecule has 2 heteroatoms. The Morgan fingerprint density at radius 3 is 2.74 bits per heavy atom. The van der Waals surface area contributed by atoms with Crippen LogP contribution >= 0.6 is 0 Å². The summed E-state index contributed by atoms with van der Waals surface area (Å²) in [7, 11) is 0. The normalized spacial score (nSPS) is 10.8. The largest absolute Gasteiger partial charge is 0.326 e. The van der Waals surface area contributed by atoms with E-state index in [9.17, 15) is 0 Å². The molecule has 0 fully saturated rings. The van der Waals surface area contributed by atoms with Crippen LogP contribution in [0.2, 0.25) is 0 Å². The lowest BCUT2D eigenvalue weighted by Crippen LogP contribution is -1.97. The molecule has 0 aliphatic heterocycles. The van der Waals surface area contributed by atoms with Crippen LogP contribution in [0.4, 0.5) is 0 Å². The van der Waals surface area contributed by atoms with E-state index in [1.54, 1.807) is 0 Å². The van der Waals surface area contributed by atoms with Gasteiger partial charge in [0.25, 0.3) is 0 Å². The fourth-order valence-electron chi connectivity index (χ4n) is 2.42. The predicted molar refractivity (Wildman–Crippen MR) is 79.8 cm³/mol. The van der Waals surface area contributed by atoms with E-state index in [2.05, 4.69) is 54.4 Å². The molecule has 2 aromatic carbocycles. The maximum Gasteiger partial charge on any atom is 0.0702 e. The lowest BCUT2D eigenvalue weighted by molar-refractivity contribution is 1.07. The maximum absolute atomic E-state index is 5.67. The maximum atomic E-state index is 5.67. The highest BCUT2D eigenvalue weighted by molar-refractivity contribution is 5.84. The van der Waals surface area contributed by atoms with E-state index in [1.807, 2.05) is 12.3 Å². The van der Waals surface area contributed by atoms with Crippen molar-refractivity contribution in [3.8, 4) is 11.1 Å². The van der Waals surface area contributed by atoms with Crippen LogP contribution in [-0.4, -0.2) is 4.98 Å². The van der Waals surface area contributed by atoms with Gasteiger partial charge in [0, 0.05) is 18.1 Å². The van der Waals surface area contributed by atoms with E-state index in [4.69, 9.17) is 5.73 Å². The first-order chi connectivity index (χ1) is 9.28. The molecule has 3 aromatic rings. The third kappa shape index (κ3) is 2.23. The molecule has 3 rings (SSSR count). The average Bonchev–Trinajstić information content (AvgIpc) is 2.46. The van der Waals surface area contributed by atoms with E-state index in [-0.39, 0.29) is 0 Å². The number of aromatic nitrogens is 1. The van der Waals surface area contributed by atoms with Gasteiger partial charge in [-0.15, -0.1) is 0 Å². The Morgan fingerprint density at radius 2 is 1.95 bits per heavy atom. The van der Waals surface area contributed by atoms with Crippen molar-refractivity contribution in [2.24, 2.45) is 5.73 Å². The van der Waals surface area contributed by atoms with Gasteiger partial charge in [-0.05, 0) is 47.4 Å². The lowest BCUT2D eigenvalue weighted by Gasteiger charge is -2.09. The minimum atomic E-state index is 0.586. The molecule has 0 spiro atoms. The summed E-state index contributed by atoms with van der Waals surface area (Å²) in [5.41, 5.74) is 11.6. The second kappa shape index (κ2) is 4.82.